The van der Waals surface area contributed by atoms with Crippen molar-refractivity contribution in [1.29, 1.82) is 0 Å². The number of hydrogen-bond acceptors (Lipinski definition) is 3. The van der Waals surface area contributed by atoms with Crippen molar-refractivity contribution in [1.82, 2.24) is 0 Å². The van der Waals surface area contributed by atoms with E-state index in [1.165, 1.54) is 31.7 Å². The zero-order chi connectivity index (χ0) is 14.1. The molecule has 1 N–H and O–H groups in total. The Morgan fingerprint density at radius 2 is 1.95 bits per heavy atom. The fourth-order valence-corrected chi connectivity index (χ4v) is 1.99. The molecule has 0 spiro atoms. The molecular formula is C15H24N2O2. The number of hydrogen-bond donors (Lipinski definition) is 1. The average Bonchev–Trinajstić information content (AvgIpc) is 2.37. The van der Waals surface area contributed by atoms with E-state index in [2.05, 4.69) is 19.2 Å². The van der Waals surface area contributed by atoms with Crippen LogP contribution in [0.25, 0.3) is 0 Å². The first kappa shape index (κ1) is 15.5. The van der Waals surface area contributed by atoms with E-state index in [9.17, 15) is 10.1 Å². The van der Waals surface area contributed by atoms with Gasteiger partial charge in [0.1, 0.15) is 0 Å². The fraction of sp³-hybridized carbons (Fsp3) is 0.600. The molecule has 1 aromatic rings. The van der Waals surface area contributed by atoms with Crippen LogP contribution in [0.15, 0.2) is 24.3 Å². The molecule has 0 aliphatic rings. The zero-order valence-corrected chi connectivity index (χ0v) is 11.9. The van der Waals surface area contributed by atoms with Gasteiger partial charge in [-0.25, -0.2) is 0 Å². The maximum absolute atomic E-state index is 10.6. The highest BCUT2D eigenvalue weighted by Crippen LogP contribution is 2.17. The number of rotatable bonds is 9. The molecule has 0 fully saturated rings. The summed E-state index contributed by atoms with van der Waals surface area (Å²) >= 11 is 0. The third-order valence-electron chi connectivity index (χ3n) is 3.09. The molecule has 0 saturated heterocycles. The standard InChI is InChI=1S/C15H24N2O2/c1-13(2)8-5-3-4-6-11-16-14-9-7-10-15(12-14)17(18)19/h7,9-10,12-13,16H,3-6,8,11H2,1-2H3. The van der Waals surface area contributed by atoms with E-state index >= 15 is 0 Å². The van der Waals surface area contributed by atoms with Crippen molar-refractivity contribution >= 4 is 11.4 Å². The first-order valence-electron chi connectivity index (χ1n) is 7.08. The van der Waals surface area contributed by atoms with E-state index in [1.54, 1.807) is 12.1 Å². The number of nitro groups is 1. The van der Waals surface area contributed by atoms with Crippen LogP contribution in [0.2, 0.25) is 0 Å². The monoisotopic (exact) mass is 264 g/mol. The molecule has 1 aromatic carbocycles. The van der Waals surface area contributed by atoms with E-state index in [4.69, 9.17) is 0 Å². The minimum Gasteiger partial charge on any atom is -0.385 e. The maximum Gasteiger partial charge on any atom is 0.271 e. The number of nitrogens with one attached hydrogen (secondary N) is 1. The van der Waals surface area contributed by atoms with Crippen LogP contribution in [0.1, 0.15) is 46.0 Å². The van der Waals surface area contributed by atoms with Gasteiger partial charge in [-0.3, -0.25) is 10.1 Å². The van der Waals surface area contributed by atoms with Crippen molar-refractivity contribution < 1.29 is 4.92 Å². The summed E-state index contributed by atoms with van der Waals surface area (Å²) in [6.45, 7) is 5.39. The topological polar surface area (TPSA) is 55.2 Å². The second-order valence-corrected chi connectivity index (χ2v) is 5.33. The van der Waals surface area contributed by atoms with E-state index in [1.807, 2.05) is 6.07 Å². The molecule has 0 aliphatic heterocycles. The molecule has 0 saturated carbocycles. The van der Waals surface area contributed by atoms with Crippen LogP contribution in [-0.4, -0.2) is 11.5 Å². The van der Waals surface area contributed by atoms with Crippen molar-refractivity contribution in [3.05, 3.63) is 34.4 Å². The first-order chi connectivity index (χ1) is 9.09. The van der Waals surface area contributed by atoms with Gasteiger partial charge in [0, 0.05) is 24.4 Å². The summed E-state index contributed by atoms with van der Waals surface area (Å²) < 4.78 is 0. The molecule has 0 radical (unpaired) electrons. The van der Waals surface area contributed by atoms with Crippen LogP contribution >= 0.6 is 0 Å². The lowest BCUT2D eigenvalue weighted by molar-refractivity contribution is -0.384. The summed E-state index contributed by atoms with van der Waals surface area (Å²) in [4.78, 5) is 10.3. The number of nitrogens with zero attached hydrogens (tertiary/aromatic N) is 1. The normalized spacial score (nSPS) is 10.7. The minimum absolute atomic E-state index is 0.141. The van der Waals surface area contributed by atoms with Crippen molar-refractivity contribution in [3.8, 4) is 0 Å². The highest BCUT2D eigenvalue weighted by molar-refractivity contribution is 5.50. The summed E-state index contributed by atoms with van der Waals surface area (Å²) in [6.07, 6.45) is 6.21. The highest BCUT2D eigenvalue weighted by atomic mass is 16.6. The van der Waals surface area contributed by atoms with Gasteiger partial charge in [0.2, 0.25) is 0 Å². The Kier molecular flexibility index (Phi) is 6.93. The van der Waals surface area contributed by atoms with Crippen LogP contribution < -0.4 is 5.32 Å². The lowest BCUT2D eigenvalue weighted by Gasteiger charge is -2.07. The van der Waals surface area contributed by atoms with Gasteiger partial charge >= 0.3 is 0 Å². The summed E-state index contributed by atoms with van der Waals surface area (Å²) in [5.74, 6) is 0.794. The molecule has 0 aromatic heterocycles. The minimum atomic E-state index is -0.364. The molecule has 106 valence electrons. The third kappa shape index (κ3) is 6.79. The van der Waals surface area contributed by atoms with Crippen LogP contribution in [0.5, 0.6) is 0 Å². The summed E-state index contributed by atoms with van der Waals surface area (Å²) in [5.41, 5.74) is 0.971. The fourth-order valence-electron chi connectivity index (χ4n) is 1.99. The van der Waals surface area contributed by atoms with Crippen LogP contribution in [0, 0.1) is 16.0 Å². The van der Waals surface area contributed by atoms with Gasteiger partial charge in [-0.2, -0.15) is 0 Å². The molecule has 1 rings (SSSR count). The molecule has 19 heavy (non-hydrogen) atoms. The van der Waals surface area contributed by atoms with Crippen molar-refractivity contribution in [3.63, 3.8) is 0 Å². The molecule has 0 unspecified atom stereocenters. The van der Waals surface area contributed by atoms with Gasteiger partial charge in [0.15, 0.2) is 0 Å². The number of nitro benzene ring substituents is 1. The lowest BCUT2D eigenvalue weighted by atomic mass is 10.0. The predicted octanol–water partition coefficient (Wildman–Crippen LogP) is 4.61. The van der Waals surface area contributed by atoms with E-state index < -0.39 is 0 Å². The summed E-state index contributed by atoms with van der Waals surface area (Å²) in [5, 5.41) is 13.9. The van der Waals surface area contributed by atoms with Gasteiger partial charge in [-0.15, -0.1) is 0 Å². The molecule has 4 nitrogen and oxygen atoms in total. The Balaban J connectivity index is 2.15. The largest absolute Gasteiger partial charge is 0.385 e. The molecule has 4 heteroatoms. The van der Waals surface area contributed by atoms with Gasteiger partial charge in [-0.05, 0) is 18.4 Å². The van der Waals surface area contributed by atoms with E-state index in [0.717, 1.165) is 24.6 Å². The van der Waals surface area contributed by atoms with Gasteiger partial charge in [0.05, 0.1) is 4.92 Å². The van der Waals surface area contributed by atoms with Crippen LogP contribution in [0.3, 0.4) is 0 Å². The Labute approximate surface area is 115 Å². The van der Waals surface area contributed by atoms with Gasteiger partial charge in [-0.1, -0.05) is 45.6 Å². The predicted molar refractivity (Wildman–Crippen MR) is 79.5 cm³/mol. The molecular weight excluding hydrogens is 240 g/mol. The Hall–Kier alpha value is -1.58. The van der Waals surface area contributed by atoms with Crippen LogP contribution in [-0.2, 0) is 0 Å². The van der Waals surface area contributed by atoms with Gasteiger partial charge < -0.3 is 5.32 Å². The van der Waals surface area contributed by atoms with E-state index in [-0.39, 0.29) is 10.6 Å². The lowest BCUT2D eigenvalue weighted by Crippen LogP contribution is -2.02. The second kappa shape index (κ2) is 8.51. The smallest absolute Gasteiger partial charge is 0.271 e. The number of unbranched alkanes of at least 4 members (excludes halogenated alkanes) is 3. The maximum atomic E-state index is 10.6. The Bertz CT molecular complexity index is 391. The molecule has 0 aliphatic carbocycles. The van der Waals surface area contributed by atoms with Crippen molar-refractivity contribution in [2.24, 2.45) is 5.92 Å². The Morgan fingerprint density at radius 1 is 1.21 bits per heavy atom. The van der Waals surface area contributed by atoms with Crippen molar-refractivity contribution in [2.45, 2.75) is 46.0 Å². The first-order valence-corrected chi connectivity index (χ1v) is 7.08. The number of anilines is 1. The third-order valence-corrected chi connectivity index (χ3v) is 3.09. The quantitative estimate of drug-likeness (QED) is 0.402. The number of non-ortho nitro benzene ring substituents is 1. The van der Waals surface area contributed by atoms with E-state index in [0.29, 0.717) is 0 Å². The zero-order valence-electron chi connectivity index (χ0n) is 11.9. The summed E-state index contributed by atoms with van der Waals surface area (Å²) in [6, 6.07) is 6.67. The molecule has 0 atom stereocenters. The SMILES string of the molecule is CC(C)CCCCCCNc1cccc([N+](=O)[O-])c1. The van der Waals surface area contributed by atoms with Crippen molar-refractivity contribution in [2.75, 3.05) is 11.9 Å². The van der Waals surface area contributed by atoms with Gasteiger partial charge in [0.25, 0.3) is 5.69 Å². The molecule has 0 heterocycles. The Morgan fingerprint density at radius 3 is 2.63 bits per heavy atom. The average molecular weight is 264 g/mol. The second-order valence-electron chi connectivity index (χ2n) is 5.33. The molecule has 0 bridgehead atoms. The number of benzene rings is 1. The molecule has 0 amide bonds. The van der Waals surface area contributed by atoms with Crippen LogP contribution in [0.4, 0.5) is 11.4 Å². The summed E-state index contributed by atoms with van der Waals surface area (Å²) in [7, 11) is 0. The highest BCUT2D eigenvalue weighted by Gasteiger charge is 2.04.